The van der Waals surface area contributed by atoms with E-state index >= 15 is 0 Å². The molecular weight excluding hydrogens is 302 g/mol. The van der Waals surface area contributed by atoms with Gasteiger partial charge in [-0.2, -0.15) is 5.10 Å². The summed E-state index contributed by atoms with van der Waals surface area (Å²) in [7, 11) is 0. The number of nitrogens with one attached hydrogen (secondary N) is 3. The van der Waals surface area contributed by atoms with Crippen molar-refractivity contribution >= 4 is 11.6 Å². The number of aromatic nitrogens is 3. The van der Waals surface area contributed by atoms with E-state index in [0.29, 0.717) is 16.7 Å². The number of nitro benzene ring substituents is 1. The van der Waals surface area contributed by atoms with Gasteiger partial charge in [-0.25, -0.2) is 9.89 Å². The van der Waals surface area contributed by atoms with Crippen LogP contribution in [0, 0.1) is 30.9 Å². The number of carbonyl (C=O) groups excluding carboxylic acids is 1. The van der Waals surface area contributed by atoms with Crippen molar-refractivity contribution in [2.75, 3.05) is 0 Å². The fraction of sp³-hybridized carbons (Fsp3) is 0.357. The Bertz CT molecular complexity index is 836. The number of nitro groups is 1. The van der Waals surface area contributed by atoms with E-state index in [0.717, 1.165) is 0 Å². The highest BCUT2D eigenvalue weighted by atomic mass is 16.6. The molecule has 0 saturated heterocycles. The molecule has 2 aromatic rings. The highest BCUT2D eigenvalue weighted by Gasteiger charge is 2.25. The van der Waals surface area contributed by atoms with E-state index in [-0.39, 0.29) is 17.1 Å². The minimum Gasteiger partial charge on any atom is -0.342 e. The minimum absolute atomic E-state index is 0.0680. The third kappa shape index (κ3) is 3.12. The van der Waals surface area contributed by atoms with E-state index in [1.54, 1.807) is 33.8 Å². The standard InChI is InChI=1S/C14H17N5O4/c1-6-5-7(2)11(19(22)23)8(3)10(6)13(20)15-9(4)12-16-14(21)18-17-12/h5,9H,1-4H3,(H,15,20)(H2,16,17,18,21)/t9-/m1/s1. The Balaban J connectivity index is 2.38. The van der Waals surface area contributed by atoms with Gasteiger partial charge in [-0.15, -0.1) is 0 Å². The molecule has 0 fully saturated rings. The van der Waals surface area contributed by atoms with E-state index in [1.165, 1.54) is 0 Å². The highest BCUT2D eigenvalue weighted by Crippen LogP contribution is 2.29. The predicted molar refractivity (Wildman–Crippen MR) is 82.4 cm³/mol. The summed E-state index contributed by atoms with van der Waals surface area (Å²) in [6.45, 7) is 6.56. The summed E-state index contributed by atoms with van der Waals surface area (Å²) in [5.74, 6) is -0.181. The molecule has 0 aliphatic heterocycles. The van der Waals surface area contributed by atoms with Crippen LogP contribution in [0.3, 0.4) is 0 Å². The molecule has 122 valence electrons. The topological polar surface area (TPSA) is 134 Å². The average Bonchev–Trinajstić information content (AvgIpc) is 2.84. The monoisotopic (exact) mass is 319 g/mol. The van der Waals surface area contributed by atoms with E-state index < -0.39 is 22.6 Å². The second-order valence-corrected chi connectivity index (χ2v) is 5.37. The first-order valence-electron chi connectivity index (χ1n) is 6.93. The Morgan fingerprint density at radius 2 is 2.00 bits per heavy atom. The molecule has 23 heavy (non-hydrogen) atoms. The molecular formula is C14H17N5O4. The first-order chi connectivity index (χ1) is 10.7. The van der Waals surface area contributed by atoms with E-state index in [9.17, 15) is 19.7 Å². The van der Waals surface area contributed by atoms with Gasteiger partial charge in [0.15, 0.2) is 5.82 Å². The summed E-state index contributed by atoms with van der Waals surface area (Å²) in [5, 5.41) is 19.8. The van der Waals surface area contributed by atoms with Crippen molar-refractivity contribution in [3.8, 4) is 0 Å². The Kier molecular flexibility index (Phi) is 4.30. The number of hydrogen-bond donors (Lipinski definition) is 3. The van der Waals surface area contributed by atoms with Gasteiger partial charge in [-0.3, -0.25) is 19.9 Å². The first-order valence-corrected chi connectivity index (χ1v) is 6.93. The third-order valence-electron chi connectivity index (χ3n) is 3.62. The third-order valence-corrected chi connectivity index (χ3v) is 3.62. The number of rotatable bonds is 4. The van der Waals surface area contributed by atoms with E-state index in [1.807, 2.05) is 0 Å². The number of nitrogens with zero attached hydrogens (tertiary/aromatic N) is 2. The summed E-state index contributed by atoms with van der Waals surface area (Å²) in [6.07, 6.45) is 0. The van der Waals surface area contributed by atoms with Crippen LogP contribution in [-0.2, 0) is 0 Å². The maximum atomic E-state index is 12.5. The lowest BCUT2D eigenvalue weighted by Crippen LogP contribution is -2.29. The zero-order valence-corrected chi connectivity index (χ0v) is 13.2. The van der Waals surface area contributed by atoms with Crippen LogP contribution in [0.1, 0.15) is 45.8 Å². The number of hydrogen-bond acceptors (Lipinski definition) is 5. The summed E-state index contributed by atoms with van der Waals surface area (Å²) >= 11 is 0. The van der Waals surface area contributed by atoms with Gasteiger partial charge in [0.25, 0.3) is 11.6 Å². The molecule has 1 aromatic carbocycles. The van der Waals surface area contributed by atoms with Crippen LogP contribution < -0.4 is 11.0 Å². The molecule has 1 atom stereocenters. The molecule has 0 unspecified atom stereocenters. The fourth-order valence-electron chi connectivity index (χ4n) is 2.63. The summed E-state index contributed by atoms with van der Waals surface area (Å²) in [4.78, 5) is 36.7. The molecule has 0 saturated carbocycles. The summed E-state index contributed by atoms with van der Waals surface area (Å²) in [5.41, 5.74) is 1.18. The Labute approximate surface area is 131 Å². The van der Waals surface area contributed by atoms with Gasteiger partial charge in [-0.1, -0.05) is 0 Å². The van der Waals surface area contributed by atoms with Crippen LogP contribution in [-0.4, -0.2) is 26.0 Å². The van der Waals surface area contributed by atoms with Gasteiger partial charge in [0.05, 0.1) is 16.5 Å². The number of benzene rings is 1. The summed E-state index contributed by atoms with van der Waals surface area (Å²) < 4.78 is 0. The van der Waals surface area contributed by atoms with Crippen molar-refractivity contribution in [3.63, 3.8) is 0 Å². The number of H-pyrrole nitrogens is 2. The number of amides is 1. The van der Waals surface area contributed by atoms with Crippen molar-refractivity contribution in [1.82, 2.24) is 20.5 Å². The second kappa shape index (κ2) is 6.03. The van der Waals surface area contributed by atoms with Gasteiger partial charge < -0.3 is 5.32 Å². The largest absolute Gasteiger partial charge is 0.342 e. The van der Waals surface area contributed by atoms with Crippen LogP contribution in [0.5, 0.6) is 0 Å². The number of aromatic amines is 2. The lowest BCUT2D eigenvalue weighted by atomic mass is 9.96. The predicted octanol–water partition coefficient (Wildman–Crippen LogP) is 1.42. The van der Waals surface area contributed by atoms with Crippen molar-refractivity contribution in [3.05, 3.63) is 54.7 Å². The SMILES string of the molecule is Cc1cc(C)c([N+](=O)[O-])c(C)c1C(=O)N[C@H](C)c1n[nH]c(=O)[nH]1. The molecule has 0 aliphatic rings. The Hall–Kier alpha value is -2.97. The quantitative estimate of drug-likeness (QED) is 0.579. The summed E-state index contributed by atoms with van der Waals surface area (Å²) in [6, 6.07) is 1.06. The maximum absolute atomic E-state index is 12.5. The molecule has 1 aromatic heterocycles. The van der Waals surface area contributed by atoms with Gasteiger partial charge >= 0.3 is 5.69 Å². The van der Waals surface area contributed by atoms with Gasteiger partial charge in [0.2, 0.25) is 0 Å². The van der Waals surface area contributed by atoms with Crippen LogP contribution in [0.2, 0.25) is 0 Å². The van der Waals surface area contributed by atoms with Crippen LogP contribution >= 0.6 is 0 Å². The normalized spacial score (nSPS) is 12.0. The molecule has 0 spiro atoms. The minimum atomic E-state index is -0.555. The first kappa shape index (κ1) is 16.4. The molecule has 0 aliphatic carbocycles. The lowest BCUT2D eigenvalue weighted by molar-refractivity contribution is -0.386. The highest BCUT2D eigenvalue weighted by molar-refractivity contribution is 5.98. The molecule has 1 heterocycles. The average molecular weight is 319 g/mol. The zero-order chi connectivity index (χ0) is 17.3. The Morgan fingerprint density at radius 3 is 2.52 bits per heavy atom. The fourth-order valence-corrected chi connectivity index (χ4v) is 2.63. The molecule has 0 radical (unpaired) electrons. The molecule has 9 heteroatoms. The molecule has 2 rings (SSSR count). The van der Waals surface area contributed by atoms with Crippen molar-refractivity contribution in [2.45, 2.75) is 33.7 Å². The van der Waals surface area contributed by atoms with Crippen molar-refractivity contribution in [1.29, 1.82) is 0 Å². The van der Waals surface area contributed by atoms with Crippen LogP contribution in [0.4, 0.5) is 5.69 Å². The van der Waals surface area contributed by atoms with Gasteiger partial charge in [-0.05, 0) is 39.3 Å². The second-order valence-electron chi connectivity index (χ2n) is 5.37. The maximum Gasteiger partial charge on any atom is 0.340 e. The van der Waals surface area contributed by atoms with Crippen LogP contribution in [0.25, 0.3) is 0 Å². The van der Waals surface area contributed by atoms with Crippen molar-refractivity contribution in [2.24, 2.45) is 0 Å². The smallest absolute Gasteiger partial charge is 0.340 e. The number of carbonyl (C=O) groups is 1. The Morgan fingerprint density at radius 1 is 1.35 bits per heavy atom. The van der Waals surface area contributed by atoms with E-state index in [4.69, 9.17) is 0 Å². The molecule has 1 amide bonds. The molecule has 0 bridgehead atoms. The van der Waals surface area contributed by atoms with Crippen molar-refractivity contribution < 1.29 is 9.72 Å². The zero-order valence-electron chi connectivity index (χ0n) is 13.2. The molecule has 3 N–H and O–H groups in total. The van der Waals surface area contributed by atoms with Gasteiger partial charge in [0, 0.05) is 11.1 Å². The number of aryl methyl sites for hydroxylation is 2. The van der Waals surface area contributed by atoms with E-state index in [2.05, 4.69) is 20.5 Å². The van der Waals surface area contributed by atoms with Gasteiger partial charge in [0.1, 0.15) is 0 Å². The molecule has 9 nitrogen and oxygen atoms in total. The lowest BCUT2D eigenvalue weighted by Gasteiger charge is -2.15. The van der Waals surface area contributed by atoms with Crippen LogP contribution in [0.15, 0.2) is 10.9 Å².